The molecule has 0 bridgehead atoms. The van der Waals surface area contributed by atoms with Crippen molar-refractivity contribution in [1.29, 1.82) is 0 Å². The van der Waals surface area contributed by atoms with E-state index in [1.807, 2.05) is 0 Å². The molecule has 1 heterocycles. The molecule has 5 heteroatoms. The van der Waals surface area contributed by atoms with Gasteiger partial charge in [-0.2, -0.15) is 13.2 Å². The summed E-state index contributed by atoms with van der Waals surface area (Å²) in [6, 6.07) is 1.11. The molecule has 1 rings (SSSR count). The Morgan fingerprint density at radius 1 is 1.46 bits per heavy atom. The van der Waals surface area contributed by atoms with Crippen LogP contribution in [0.15, 0.2) is 12.3 Å². The molecule has 0 aromatic carbocycles. The highest BCUT2D eigenvalue weighted by Crippen LogP contribution is 2.31. The number of rotatable bonds is 1. The van der Waals surface area contributed by atoms with Crippen molar-refractivity contribution < 1.29 is 13.2 Å². The fraction of sp³-hybridized carbons (Fsp3) is 0.375. The lowest BCUT2D eigenvalue weighted by atomic mass is 10.1. The van der Waals surface area contributed by atoms with E-state index in [9.17, 15) is 13.2 Å². The zero-order valence-corrected chi connectivity index (χ0v) is 8.41. The number of pyridine rings is 1. The quantitative estimate of drug-likeness (QED) is 0.700. The van der Waals surface area contributed by atoms with Crippen molar-refractivity contribution >= 4 is 15.9 Å². The van der Waals surface area contributed by atoms with Gasteiger partial charge in [-0.1, -0.05) is 15.9 Å². The molecular weight excluding hydrogens is 247 g/mol. The van der Waals surface area contributed by atoms with E-state index in [-0.39, 0.29) is 5.69 Å². The smallest absolute Gasteiger partial charge is 0.261 e. The normalized spacial score (nSPS) is 11.8. The van der Waals surface area contributed by atoms with Gasteiger partial charge in [0.05, 0.1) is 5.56 Å². The highest BCUT2D eigenvalue weighted by molar-refractivity contribution is 9.08. The maximum atomic E-state index is 12.3. The maximum Gasteiger partial charge on any atom is 0.418 e. The Morgan fingerprint density at radius 2 is 2.08 bits per heavy atom. The van der Waals surface area contributed by atoms with Gasteiger partial charge in [0.15, 0.2) is 0 Å². The molecular formula is C8H7BrF3N. The molecule has 0 N–H and O–H groups in total. The first kappa shape index (κ1) is 10.5. The minimum absolute atomic E-state index is 0.0113. The van der Waals surface area contributed by atoms with Crippen molar-refractivity contribution in [2.24, 2.45) is 0 Å². The number of halogens is 4. The first-order chi connectivity index (χ1) is 5.95. The lowest BCUT2D eigenvalue weighted by Crippen LogP contribution is -2.09. The Kier molecular flexibility index (Phi) is 2.95. The molecule has 0 radical (unpaired) electrons. The van der Waals surface area contributed by atoms with Gasteiger partial charge >= 0.3 is 6.18 Å². The number of aromatic nitrogens is 1. The van der Waals surface area contributed by atoms with Gasteiger partial charge in [-0.25, -0.2) is 0 Å². The standard InChI is InChI=1S/C8H7BrF3N/c1-5-7(8(10,11)12)2-6(3-9)4-13-5/h2,4H,3H2,1H3. The van der Waals surface area contributed by atoms with Gasteiger partial charge in [0.1, 0.15) is 0 Å². The highest BCUT2D eigenvalue weighted by Gasteiger charge is 2.33. The average Bonchev–Trinajstić information content (AvgIpc) is 2.03. The van der Waals surface area contributed by atoms with E-state index >= 15 is 0 Å². The fourth-order valence-corrected chi connectivity index (χ4v) is 1.24. The molecule has 0 fully saturated rings. The SMILES string of the molecule is Cc1ncc(CBr)cc1C(F)(F)F. The monoisotopic (exact) mass is 253 g/mol. The second-order valence-corrected chi connectivity index (χ2v) is 3.17. The predicted octanol–water partition coefficient (Wildman–Crippen LogP) is 3.30. The van der Waals surface area contributed by atoms with Crippen molar-refractivity contribution in [3.63, 3.8) is 0 Å². The van der Waals surface area contributed by atoms with E-state index < -0.39 is 11.7 Å². The third-order valence-corrected chi connectivity index (χ3v) is 2.25. The summed E-state index contributed by atoms with van der Waals surface area (Å²) in [6.07, 6.45) is -2.88. The summed E-state index contributed by atoms with van der Waals surface area (Å²) in [6.45, 7) is 1.35. The zero-order valence-electron chi connectivity index (χ0n) is 6.82. The summed E-state index contributed by atoms with van der Waals surface area (Å²) in [5.41, 5.74) is -0.125. The van der Waals surface area contributed by atoms with Crippen LogP contribution in [-0.2, 0) is 11.5 Å². The van der Waals surface area contributed by atoms with Crippen molar-refractivity contribution in [1.82, 2.24) is 4.98 Å². The lowest BCUT2D eigenvalue weighted by Gasteiger charge is -2.09. The summed E-state index contributed by atoms with van der Waals surface area (Å²) < 4.78 is 36.9. The average molecular weight is 254 g/mol. The van der Waals surface area contributed by atoms with Gasteiger partial charge in [-0.05, 0) is 18.6 Å². The van der Waals surface area contributed by atoms with Crippen LogP contribution in [0.25, 0.3) is 0 Å². The second-order valence-electron chi connectivity index (χ2n) is 2.61. The van der Waals surface area contributed by atoms with Gasteiger partial charge in [0, 0.05) is 17.2 Å². The number of alkyl halides is 4. The Hall–Kier alpha value is -0.580. The minimum atomic E-state index is -4.31. The van der Waals surface area contributed by atoms with E-state index in [0.29, 0.717) is 10.9 Å². The van der Waals surface area contributed by atoms with Gasteiger partial charge in [-0.15, -0.1) is 0 Å². The summed E-state index contributed by atoms with van der Waals surface area (Å²) in [7, 11) is 0. The largest absolute Gasteiger partial charge is 0.418 e. The highest BCUT2D eigenvalue weighted by atomic mass is 79.9. The van der Waals surface area contributed by atoms with E-state index in [4.69, 9.17) is 0 Å². The summed E-state index contributed by atoms with van der Waals surface area (Å²) in [5, 5.41) is 0.378. The molecule has 0 saturated heterocycles. The van der Waals surface area contributed by atoms with Crippen molar-refractivity contribution in [3.8, 4) is 0 Å². The fourth-order valence-electron chi connectivity index (χ4n) is 0.936. The second kappa shape index (κ2) is 3.65. The number of aryl methyl sites for hydroxylation is 1. The van der Waals surface area contributed by atoms with Crippen molar-refractivity contribution in [3.05, 3.63) is 29.1 Å². The van der Waals surface area contributed by atoms with E-state index in [0.717, 1.165) is 6.07 Å². The molecule has 1 aromatic heterocycles. The molecule has 0 aliphatic carbocycles. The number of nitrogens with zero attached hydrogens (tertiary/aromatic N) is 1. The topological polar surface area (TPSA) is 12.9 Å². The molecule has 1 nitrogen and oxygen atoms in total. The molecule has 0 spiro atoms. The van der Waals surface area contributed by atoms with Gasteiger partial charge in [0.25, 0.3) is 0 Å². The predicted molar refractivity (Wildman–Crippen MR) is 46.6 cm³/mol. The zero-order chi connectivity index (χ0) is 10.1. The Balaban J connectivity index is 3.19. The molecule has 72 valence electrons. The summed E-state index contributed by atoms with van der Waals surface area (Å²) in [4.78, 5) is 3.67. The maximum absolute atomic E-state index is 12.3. The molecule has 0 amide bonds. The number of hydrogen-bond acceptors (Lipinski definition) is 1. The van der Waals surface area contributed by atoms with Crippen LogP contribution in [0.3, 0.4) is 0 Å². The molecule has 13 heavy (non-hydrogen) atoms. The summed E-state index contributed by atoms with van der Waals surface area (Å²) >= 11 is 3.08. The Labute approximate surface area is 82.1 Å². The van der Waals surface area contributed by atoms with Crippen LogP contribution < -0.4 is 0 Å². The minimum Gasteiger partial charge on any atom is -0.261 e. The van der Waals surface area contributed by atoms with E-state index in [1.165, 1.54) is 13.1 Å². The van der Waals surface area contributed by atoms with Crippen LogP contribution >= 0.6 is 15.9 Å². The molecule has 0 saturated carbocycles. The van der Waals surface area contributed by atoms with Gasteiger partial charge in [-0.3, -0.25) is 4.98 Å². The van der Waals surface area contributed by atoms with Crippen LogP contribution in [0.1, 0.15) is 16.8 Å². The lowest BCUT2D eigenvalue weighted by molar-refractivity contribution is -0.138. The van der Waals surface area contributed by atoms with Crippen LogP contribution in [0, 0.1) is 6.92 Å². The van der Waals surface area contributed by atoms with E-state index in [2.05, 4.69) is 20.9 Å². The van der Waals surface area contributed by atoms with Gasteiger partial charge < -0.3 is 0 Å². The van der Waals surface area contributed by atoms with Gasteiger partial charge in [0.2, 0.25) is 0 Å². The molecule has 0 aliphatic rings. The first-order valence-corrected chi connectivity index (χ1v) is 4.66. The third kappa shape index (κ3) is 2.43. The Bertz CT molecular complexity index is 309. The Morgan fingerprint density at radius 3 is 2.54 bits per heavy atom. The molecule has 0 aliphatic heterocycles. The number of hydrogen-bond donors (Lipinski definition) is 0. The third-order valence-electron chi connectivity index (χ3n) is 1.60. The molecule has 0 unspecified atom stereocenters. The van der Waals surface area contributed by atoms with Crippen LogP contribution in [0.2, 0.25) is 0 Å². The van der Waals surface area contributed by atoms with Crippen LogP contribution in [0.5, 0.6) is 0 Å². The first-order valence-electron chi connectivity index (χ1n) is 3.54. The van der Waals surface area contributed by atoms with Crippen LogP contribution in [0.4, 0.5) is 13.2 Å². The molecule has 1 aromatic rings. The van der Waals surface area contributed by atoms with Crippen molar-refractivity contribution in [2.75, 3.05) is 0 Å². The van der Waals surface area contributed by atoms with Crippen LogP contribution in [-0.4, -0.2) is 4.98 Å². The van der Waals surface area contributed by atoms with E-state index in [1.54, 1.807) is 0 Å². The molecule has 0 atom stereocenters. The summed E-state index contributed by atoms with van der Waals surface area (Å²) in [5.74, 6) is 0. The van der Waals surface area contributed by atoms with Crippen molar-refractivity contribution in [2.45, 2.75) is 18.4 Å².